The van der Waals surface area contributed by atoms with Crippen LogP contribution >= 0.6 is 0 Å². The van der Waals surface area contributed by atoms with Crippen molar-refractivity contribution in [1.29, 1.82) is 0 Å². The fourth-order valence-electron chi connectivity index (χ4n) is 2.62. The Morgan fingerprint density at radius 1 is 1.29 bits per heavy atom. The molecule has 3 aromatic rings. The number of benzene rings is 1. The second kappa shape index (κ2) is 6.27. The normalized spacial score (nSPS) is 12.2. The van der Waals surface area contributed by atoms with Gasteiger partial charge in [0.05, 0.1) is 5.69 Å². The van der Waals surface area contributed by atoms with Gasteiger partial charge in [0.15, 0.2) is 0 Å². The van der Waals surface area contributed by atoms with Crippen molar-refractivity contribution in [2.45, 2.75) is 19.9 Å². The van der Waals surface area contributed by atoms with E-state index in [4.69, 9.17) is 4.52 Å². The molecule has 24 heavy (non-hydrogen) atoms. The topological polar surface area (TPSA) is 73.0 Å². The second-order valence-electron chi connectivity index (χ2n) is 5.55. The van der Waals surface area contributed by atoms with Gasteiger partial charge in [0.1, 0.15) is 29.0 Å². The summed E-state index contributed by atoms with van der Waals surface area (Å²) in [5, 5.41) is 6.74. The molecule has 124 valence electrons. The van der Waals surface area contributed by atoms with Gasteiger partial charge in [0, 0.05) is 19.4 Å². The van der Waals surface area contributed by atoms with Crippen LogP contribution in [0.1, 0.15) is 39.2 Å². The van der Waals surface area contributed by atoms with Crippen LogP contribution in [-0.2, 0) is 7.05 Å². The molecule has 0 aliphatic heterocycles. The highest BCUT2D eigenvalue weighted by Gasteiger charge is 2.25. The summed E-state index contributed by atoms with van der Waals surface area (Å²) in [4.78, 5) is 17.0. The van der Waals surface area contributed by atoms with E-state index in [1.807, 2.05) is 11.6 Å². The van der Waals surface area contributed by atoms with Gasteiger partial charge in [-0.05, 0) is 31.5 Å². The smallest absolute Gasteiger partial charge is 0.257 e. The first-order chi connectivity index (χ1) is 11.5. The molecule has 0 aliphatic rings. The molecule has 0 fully saturated rings. The first kappa shape index (κ1) is 15.9. The zero-order valence-corrected chi connectivity index (χ0v) is 13.6. The lowest BCUT2D eigenvalue weighted by Gasteiger charge is -2.19. The molecule has 1 N–H and O–H groups in total. The van der Waals surface area contributed by atoms with Crippen molar-refractivity contribution in [2.75, 3.05) is 0 Å². The van der Waals surface area contributed by atoms with Crippen molar-refractivity contribution in [3.63, 3.8) is 0 Å². The molecule has 3 rings (SSSR count). The molecule has 1 atom stereocenters. The highest BCUT2D eigenvalue weighted by atomic mass is 19.1. The molecule has 6 nitrogen and oxygen atoms in total. The van der Waals surface area contributed by atoms with Crippen LogP contribution in [0, 0.1) is 19.7 Å². The van der Waals surface area contributed by atoms with Crippen LogP contribution < -0.4 is 5.32 Å². The monoisotopic (exact) mass is 328 g/mol. The number of nitrogens with one attached hydrogen (secondary N) is 1. The molecular formula is C17H17FN4O2. The minimum atomic E-state index is -0.521. The first-order valence-electron chi connectivity index (χ1n) is 7.43. The molecule has 1 amide bonds. The summed E-state index contributed by atoms with van der Waals surface area (Å²) in [7, 11) is 1.83. The quantitative estimate of drug-likeness (QED) is 0.799. The van der Waals surface area contributed by atoms with Crippen LogP contribution in [0.3, 0.4) is 0 Å². The summed E-state index contributed by atoms with van der Waals surface area (Å²) in [6.07, 6.45) is 3.43. The number of amides is 1. The molecular weight excluding hydrogens is 311 g/mol. The van der Waals surface area contributed by atoms with Crippen LogP contribution in [-0.4, -0.2) is 20.6 Å². The maximum Gasteiger partial charge on any atom is 0.257 e. The van der Waals surface area contributed by atoms with Gasteiger partial charge in [0.25, 0.3) is 5.91 Å². The van der Waals surface area contributed by atoms with E-state index in [2.05, 4.69) is 15.5 Å². The zero-order valence-electron chi connectivity index (χ0n) is 13.6. The Morgan fingerprint density at radius 3 is 2.54 bits per heavy atom. The summed E-state index contributed by atoms with van der Waals surface area (Å²) in [5.74, 6) is 0.433. The number of imidazole rings is 1. The predicted molar refractivity (Wildman–Crippen MR) is 84.9 cm³/mol. The highest BCUT2D eigenvalue weighted by Crippen LogP contribution is 2.22. The molecule has 1 unspecified atom stereocenters. The van der Waals surface area contributed by atoms with Gasteiger partial charge in [-0.25, -0.2) is 9.37 Å². The maximum atomic E-state index is 13.2. The molecule has 0 spiro atoms. The molecule has 0 radical (unpaired) electrons. The van der Waals surface area contributed by atoms with Crippen molar-refractivity contribution in [3.8, 4) is 0 Å². The summed E-state index contributed by atoms with van der Waals surface area (Å²) < 4.78 is 20.1. The molecule has 7 heteroatoms. The Bertz CT molecular complexity index is 848. The van der Waals surface area contributed by atoms with Gasteiger partial charge in [-0.3, -0.25) is 4.79 Å². The predicted octanol–water partition coefficient (Wildman–Crippen LogP) is 2.68. The lowest BCUT2D eigenvalue weighted by Crippen LogP contribution is -2.31. The fourth-order valence-corrected chi connectivity index (χ4v) is 2.62. The SMILES string of the molecule is Cc1noc(C)c1C(=O)NC(c1ccc(F)cc1)c1nccn1C. The summed E-state index contributed by atoms with van der Waals surface area (Å²) in [6, 6.07) is 5.44. The molecule has 0 bridgehead atoms. The van der Waals surface area contributed by atoms with E-state index in [0.717, 1.165) is 5.56 Å². The largest absolute Gasteiger partial charge is 0.361 e. The minimum absolute atomic E-state index is 0.316. The summed E-state index contributed by atoms with van der Waals surface area (Å²) in [6.45, 7) is 3.39. The minimum Gasteiger partial charge on any atom is -0.361 e. The zero-order chi connectivity index (χ0) is 17.3. The van der Waals surface area contributed by atoms with E-state index in [0.29, 0.717) is 22.8 Å². The van der Waals surface area contributed by atoms with Gasteiger partial charge in [-0.1, -0.05) is 17.3 Å². The van der Waals surface area contributed by atoms with Crippen molar-refractivity contribution >= 4 is 5.91 Å². The van der Waals surface area contributed by atoms with Crippen LogP contribution in [0.15, 0.2) is 41.2 Å². The average Bonchev–Trinajstić information content (AvgIpc) is 3.11. The molecule has 2 heterocycles. The molecule has 0 saturated carbocycles. The number of aromatic nitrogens is 3. The fraction of sp³-hybridized carbons (Fsp3) is 0.235. The van der Waals surface area contributed by atoms with E-state index >= 15 is 0 Å². The number of nitrogens with zero attached hydrogens (tertiary/aromatic N) is 3. The Morgan fingerprint density at radius 2 is 2.00 bits per heavy atom. The molecule has 2 aromatic heterocycles. The van der Waals surface area contributed by atoms with Gasteiger partial charge < -0.3 is 14.4 Å². The lowest BCUT2D eigenvalue weighted by atomic mass is 10.0. The Hall–Kier alpha value is -2.96. The number of halogens is 1. The van der Waals surface area contributed by atoms with Crippen LogP contribution in [0.2, 0.25) is 0 Å². The second-order valence-corrected chi connectivity index (χ2v) is 5.55. The molecule has 0 aliphatic carbocycles. The average molecular weight is 328 g/mol. The van der Waals surface area contributed by atoms with E-state index < -0.39 is 6.04 Å². The first-order valence-corrected chi connectivity index (χ1v) is 7.43. The standard InChI is InChI=1S/C17H17FN4O2/c1-10-14(11(2)24-21-10)17(23)20-15(16-19-8-9-22(16)3)12-4-6-13(18)7-5-12/h4-9,15H,1-3H3,(H,20,23). The Kier molecular flexibility index (Phi) is 4.16. The Balaban J connectivity index is 1.98. The number of carbonyl (C=O) groups excluding carboxylic acids is 1. The van der Waals surface area contributed by atoms with Crippen molar-refractivity contribution in [2.24, 2.45) is 7.05 Å². The van der Waals surface area contributed by atoms with E-state index in [1.54, 1.807) is 38.4 Å². The van der Waals surface area contributed by atoms with Gasteiger partial charge in [-0.15, -0.1) is 0 Å². The van der Waals surface area contributed by atoms with E-state index in [1.165, 1.54) is 12.1 Å². The number of hydrogen-bond acceptors (Lipinski definition) is 4. The number of carbonyl (C=O) groups is 1. The third-order valence-corrected chi connectivity index (χ3v) is 3.86. The third-order valence-electron chi connectivity index (χ3n) is 3.86. The lowest BCUT2D eigenvalue weighted by molar-refractivity contribution is 0.0939. The third kappa shape index (κ3) is 2.92. The van der Waals surface area contributed by atoms with Gasteiger partial charge in [0.2, 0.25) is 0 Å². The van der Waals surface area contributed by atoms with Gasteiger partial charge >= 0.3 is 0 Å². The number of aryl methyl sites for hydroxylation is 3. The van der Waals surface area contributed by atoms with Crippen molar-refractivity contribution in [3.05, 3.63) is 70.9 Å². The highest BCUT2D eigenvalue weighted by molar-refractivity contribution is 5.96. The molecule has 0 saturated heterocycles. The Labute approximate surface area is 138 Å². The van der Waals surface area contributed by atoms with Crippen LogP contribution in [0.25, 0.3) is 0 Å². The number of rotatable bonds is 4. The summed E-state index contributed by atoms with van der Waals surface area (Å²) >= 11 is 0. The van der Waals surface area contributed by atoms with E-state index in [9.17, 15) is 9.18 Å². The number of hydrogen-bond donors (Lipinski definition) is 1. The summed E-state index contributed by atoms with van der Waals surface area (Å²) in [5.41, 5.74) is 1.64. The van der Waals surface area contributed by atoms with Crippen LogP contribution in [0.5, 0.6) is 0 Å². The van der Waals surface area contributed by atoms with E-state index in [-0.39, 0.29) is 11.7 Å². The maximum absolute atomic E-state index is 13.2. The molecule has 1 aromatic carbocycles. The van der Waals surface area contributed by atoms with Crippen molar-refractivity contribution in [1.82, 2.24) is 20.0 Å². The van der Waals surface area contributed by atoms with Gasteiger partial charge in [-0.2, -0.15) is 0 Å². The van der Waals surface area contributed by atoms with Crippen LogP contribution in [0.4, 0.5) is 4.39 Å². The van der Waals surface area contributed by atoms with Crippen molar-refractivity contribution < 1.29 is 13.7 Å².